The van der Waals surface area contributed by atoms with Crippen molar-refractivity contribution in [2.75, 3.05) is 6.54 Å². The fraction of sp³-hybridized carbons (Fsp3) is 0.500. The van der Waals surface area contributed by atoms with Crippen LogP contribution in [-0.2, 0) is 6.54 Å². The van der Waals surface area contributed by atoms with Gasteiger partial charge in [0.15, 0.2) is 0 Å². The molecule has 0 bridgehead atoms. The molecule has 2 rings (SSSR count). The second kappa shape index (κ2) is 5.93. The minimum absolute atomic E-state index is 0.210. The first-order valence-corrected chi connectivity index (χ1v) is 6.90. The normalized spacial score (nSPS) is 12.8. The van der Waals surface area contributed by atoms with Gasteiger partial charge in [0, 0.05) is 11.4 Å². The number of hydrogen-bond donors (Lipinski definition) is 1. The van der Waals surface area contributed by atoms with E-state index in [2.05, 4.69) is 47.0 Å². The summed E-state index contributed by atoms with van der Waals surface area (Å²) in [4.78, 5) is 1.31. The summed E-state index contributed by atoms with van der Waals surface area (Å²) >= 11 is 1.76. The van der Waals surface area contributed by atoms with E-state index in [0.717, 1.165) is 25.2 Å². The summed E-state index contributed by atoms with van der Waals surface area (Å²) in [6.45, 7) is 6.12. The van der Waals surface area contributed by atoms with Gasteiger partial charge in [-0.25, -0.2) is 4.68 Å². The SMILES string of the molecule is CCCn1nncc1C(NCC)c1cccs1. The van der Waals surface area contributed by atoms with E-state index in [0.29, 0.717) is 0 Å². The lowest BCUT2D eigenvalue weighted by molar-refractivity contribution is 0.514. The Balaban J connectivity index is 2.29. The minimum atomic E-state index is 0.210. The van der Waals surface area contributed by atoms with Crippen LogP contribution in [-0.4, -0.2) is 21.5 Å². The lowest BCUT2D eigenvalue weighted by Crippen LogP contribution is -2.24. The fourth-order valence-corrected chi connectivity index (χ4v) is 2.70. The number of thiophene rings is 1. The highest BCUT2D eigenvalue weighted by atomic mass is 32.1. The van der Waals surface area contributed by atoms with Gasteiger partial charge in [-0.1, -0.05) is 25.1 Å². The van der Waals surface area contributed by atoms with Crippen LogP contribution < -0.4 is 5.32 Å². The topological polar surface area (TPSA) is 42.7 Å². The zero-order valence-electron chi connectivity index (χ0n) is 10.3. The summed E-state index contributed by atoms with van der Waals surface area (Å²) < 4.78 is 1.99. The highest BCUT2D eigenvalue weighted by Crippen LogP contribution is 2.25. The Bertz CT molecular complexity index is 435. The maximum Gasteiger partial charge on any atom is 0.0858 e. The summed E-state index contributed by atoms with van der Waals surface area (Å²) in [5, 5.41) is 13.8. The van der Waals surface area contributed by atoms with Gasteiger partial charge in [-0.2, -0.15) is 0 Å². The van der Waals surface area contributed by atoms with Crippen molar-refractivity contribution in [1.82, 2.24) is 20.3 Å². The Morgan fingerprint density at radius 3 is 3.00 bits per heavy atom. The Hall–Kier alpha value is -1.20. The fourth-order valence-electron chi connectivity index (χ4n) is 1.89. The molecule has 0 radical (unpaired) electrons. The molecule has 0 amide bonds. The standard InChI is InChI=1S/C12H18N4S/c1-3-7-16-10(9-14-15-16)12(13-4-2)11-6-5-8-17-11/h5-6,8-9,12-13H,3-4,7H2,1-2H3. The van der Waals surface area contributed by atoms with Gasteiger partial charge >= 0.3 is 0 Å². The molecule has 0 aliphatic heterocycles. The number of nitrogens with zero attached hydrogens (tertiary/aromatic N) is 3. The Labute approximate surface area is 106 Å². The second-order valence-corrected chi connectivity index (χ2v) is 4.87. The predicted octanol–water partition coefficient (Wildman–Crippen LogP) is 2.45. The van der Waals surface area contributed by atoms with Crippen LogP contribution in [0.5, 0.6) is 0 Å². The molecule has 1 N–H and O–H groups in total. The molecule has 2 aromatic heterocycles. The van der Waals surface area contributed by atoms with Crippen LogP contribution in [0.1, 0.15) is 36.9 Å². The molecule has 1 unspecified atom stereocenters. The third-order valence-corrected chi connectivity index (χ3v) is 3.55. The van der Waals surface area contributed by atoms with E-state index < -0.39 is 0 Å². The van der Waals surface area contributed by atoms with Crippen molar-refractivity contribution >= 4 is 11.3 Å². The average molecular weight is 250 g/mol. The Morgan fingerprint density at radius 2 is 2.35 bits per heavy atom. The van der Waals surface area contributed by atoms with E-state index in [4.69, 9.17) is 0 Å². The van der Waals surface area contributed by atoms with Crippen LogP contribution in [0.15, 0.2) is 23.7 Å². The minimum Gasteiger partial charge on any atom is -0.305 e. The van der Waals surface area contributed by atoms with Crippen LogP contribution >= 0.6 is 11.3 Å². The zero-order chi connectivity index (χ0) is 12.1. The summed E-state index contributed by atoms with van der Waals surface area (Å²) in [5.74, 6) is 0. The lowest BCUT2D eigenvalue weighted by Gasteiger charge is -2.17. The van der Waals surface area contributed by atoms with Crippen molar-refractivity contribution in [1.29, 1.82) is 0 Å². The number of aromatic nitrogens is 3. The second-order valence-electron chi connectivity index (χ2n) is 3.89. The van der Waals surface area contributed by atoms with Crippen molar-refractivity contribution < 1.29 is 0 Å². The monoisotopic (exact) mass is 250 g/mol. The van der Waals surface area contributed by atoms with Gasteiger partial charge in [0.25, 0.3) is 0 Å². The van der Waals surface area contributed by atoms with Gasteiger partial charge in [-0.3, -0.25) is 0 Å². The number of aryl methyl sites for hydroxylation is 1. The molecule has 0 saturated heterocycles. The van der Waals surface area contributed by atoms with Crippen LogP contribution in [0.4, 0.5) is 0 Å². The predicted molar refractivity (Wildman–Crippen MR) is 70.2 cm³/mol. The summed E-state index contributed by atoms with van der Waals surface area (Å²) in [7, 11) is 0. The van der Waals surface area contributed by atoms with Crippen LogP contribution in [0.3, 0.4) is 0 Å². The molecule has 17 heavy (non-hydrogen) atoms. The molecule has 0 spiro atoms. The summed E-state index contributed by atoms with van der Waals surface area (Å²) in [5.41, 5.74) is 1.15. The largest absolute Gasteiger partial charge is 0.305 e. The molecular formula is C12H18N4S. The van der Waals surface area contributed by atoms with Gasteiger partial charge in [0.2, 0.25) is 0 Å². The number of hydrogen-bond acceptors (Lipinski definition) is 4. The highest BCUT2D eigenvalue weighted by Gasteiger charge is 2.18. The van der Waals surface area contributed by atoms with Crippen molar-refractivity contribution in [3.8, 4) is 0 Å². The van der Waals surface area contributed by atoms with Gasteiger partial charge in [-0.05, 0) is 24.4 Å². The molecule has 0 fully saturated rings. The van der Waals surface area contributed by atoms with E-state index in [9.17, 15) is 0 Å². The number of nitrogens with one attached hydrogen (secondary N) is 1. The van der Waals surface area contributed by atoms with Gasteiger partial charge in [0.05, 0.1) is 17.9 Å². The van der Waals surface area contributed by atoms with E-state index in [1.54, 1.807) is 11.3 Å². The van der Waals surface area contributed by atoms with E-state index in [1.165, 1.54) is 4.88 Å². The van der Waals surface area contributed by atoms with E-state index in [1.807, 2.05) is 10.9 Å². The highest BCUT2D eigenvalue weighted by molar-refractivity contribution is 7.10. The smallest absolute Gasteiger partial charge is 0.0858 e. The maximum absolute atomic E-state index is 4.15. The zero-order valence-corrected chi connectivity index (χ0v) is 11.1. The maximum atomic E-state index is 4.15. The summed E-state index contributed by atoms with van der Waals surface area (Å²) in [6.07, 6.45) is 2.93. The third-order valence-electron chi connectivity index (χ3n) is 2.61. The molecule has 2 heterocycles. The van der Waals surface area contributed by atoms with Gasteiger partial charge in [0.1, 0.15) is 0 Å². The molecule has 5 heteroatoms. The summed E-state index contributed by atoms with van der Waals surface area (Å²) in [6, 6.07) is 4.45. The van der Waals surface area contributed by atoms with Crippen molar-refractivity contribution in [2.45, 2.75) is 32.9 Å². The first kappa shape index (κ1) is 12.3. The van der Waals surface area contributed by atoms with Crippen molar-refractivity contribution in [3.05, 3.63) is 34.3 Å². The lowest BCUT2D eigenvalue weighted by atomic mass is 10.2. The first-order chi connectivity index (χ1) is 8.36. The Kier molecular flexibility index (Phi) is 4.28. The molecule has 0 saturated carbocycles. The van der Waals surface area contributed by atoms with Crippen LogP contribution in [0.25, 0.3) is 0 Å². The van der Waals surface area contributed by atoms with Crippen LogP contribution in [0.2, 0.25) is 0 Å². The quantitative estimate of drug-likeness (QED) is 0.856. The van der Waals surface area contributed by atoms with Crippen molar-refractivity contribution in [3.63, 3.8) is 0 Å². The van der Waals surface area contributed by atoms with Gasteiger partial charge in [-0.15, -0.1) is 16.4 Å². The molecule has 92 valence electrons. The first-order valence-electron chi connectivity index (χ1n) is 6.02. The average Bonchev–Trinajstić information content (AvgIpc) is 2.97. The molecule has 0 aromatic carbocycles. The van der Waals surface area contributed by atoms with E-state index in [-0.39, 0.29) is 6.04 Å². The molecule has 2 aromatic rings. The molecule has 0 aliphatic carbocycles. The van der Waals surface area contributed by atoms with Gasteiger partial charge < -0.3 is 5.32 Å². The molecule has 4 nitrogen and oxygen atoms in total. The Morgan fingerprint density at radius 1 is 1.47 bits per heavy atom. The third kappa shape index (κ3) is 2.73. The van der Waals surface area contributed by atoms with E-state index >= 15 is 0 Å². The van der Waals surface area contributed by atoms with Crippen molar-refractivity contribution in [2.24, 2.45) is 0 Å². The number of rotatable bonds is 6. The molecular weight excluding hydrogens is 232 g/mol. The molecule has 0 aliphatic rings. The van der Waals surface area contributed by atoms with Crippen LogP contribution in [0, 0.1) is 0 Å². The molecule has 1 atom stereocenters.